The fourth-order valence-corrected chi connectivity index (χ4v) is 2.47. The van der Waals surface area contributed by atoms with Gasteiger partial charge in [0.15, 0.2) is 18.2 Å². The molecule has 0 bridgehead atoms. The van der Waals surface area contributed by atoms with Crippen LogP contribution in [0.5, 0.6) is 5.75 Å². The summed E-state index contributed by atoms with van der Waals surface area (Å²) >= 11 is 0. The molecule has 126 valence electrons. The highest BCUT2D eigenvalue weighted by Crippen LogP contribution is 2.27. The standard InChI is InChI=1S/C18H16BNO5/c1-12(18-20-10-17(25-18)13-6-3-2-4-7-13)24-16-9-5-8-15(19(22)23)14(16)11-21/h2-12,22-23H,1H3. The fourth-order valence-electron chi connectivity index (χ4n) is 2.47. The number of nitrogens with zero attached hydrogens (tertiary/aromatic N) is 1. The first-order valence-corrected chi connectivity index (χ1v) is 7.72. The topological polar surface area (TPSA) is 92.8 Å². The third kappa shape index (κ3) is 3.62. The predicted molar refractivity (Wildman–Crippen MR) is 92.6 cm³/mol. The van der Waals surface area contributed by atoms with Crippen LogP contribution in [0.2, 0.25) is 0 Å². The van der Waals surface area contributed by atoms with Crippen LogP contribution in [0.4, 0.5) is 0 Å². The molecule has 1 heterocycles. The fraction of sp³-hybridized carbons (Fsp3) is 0.111. The number of hydrogen-bond acceptors (Lipinski definition) is 6. The third-order valence-electron chi connectivity index (χ3n) is 3.73. The smallest absolute Gasteiger partial charge is 0.480 e. The molecule has 0 radical (unpaired) electrons. The molecule has 25 heavy (non-hydrogen) atoms. The summed E-state index contributed by atoms with van der Waals surface area (Å²) in [6, 6.07) is 14.1. The van der Waals surface area contributed by atoms with Crippen LogP contribution in [0.1, 0.15) is 29.3 Å². The predicted octanol–water partition coefficient (Wildman–Crippen LogP) is 1.97. The maximum atomic E-state index is 11.3. The molecule has 0 fully saturated rings. The Balaban J connectivity index is 1.84. The van der Waals surface area contributed by atoms with Gasteiger partial charge in [0.2, 0.25) is 5.89 Å². The van der Waals surface area contributed by atoms with E-state index in [-0.39, 0.29) is 16.8 Å². The second-order valence-electron chi connectivity index (χ2n) is 5.44. The zero-order valence-corrected chi connectivity index (χ0v) is 13.5. The molecule has 0 saturated heterocycles. The Kier molecular flexibility index (Phi) is 4.97. The maximum absolute atomic E-state index is 11.3. The molecule has 1 unspecified atom stereocenters. The Morgan fingerprint density at radius 1 is 1.16 bits per heavy atom. The lowest BCUT2D eigenvalue weighted by Crippen LogP contribution is -2.33. The van der Waals surface area contributed by atoms with Gasteiger partial charge in [0.1, 0.15) is 5.75 Å². The van der Waals surface area contributed by atoms with E-state index in [1.54, 1.807) is 25.3 Å². The van der Waals surface area contributed by atoms with Crippen molar-refractivity contribution in [3.8, 4) is 17.1 Å². The average Bonchev–Trinajstić information content (AvgIpc) is 3.12. The number of oxazole rings is 1. The molecule has 0 amide bonds. The molecule has 0 aliphatic carbocycles. The Labute approximate surface area is 144 Å². The van der Waals surface area contributed by atoms with Crippen LogP contribution in [0.25, 0.3) is 11.3 Å². The van der Waals surface area contributed by atoms with Crippen molar-refractivity contribution in [1.29, 1.82) is 0 Å². The van der Waals surface area contributed by atoms with Crippen LogP contribution in [0.15, 0.2) is 59.1 Å². The summed E-state index contributed by atoms with van der Waals surface area (Å²) in [4.78, 5) is 15.5. The van der Waals surface area contributed by atoms with E-state index in [1.165, 1.54) is 6.07 Å². The van der Waals surface area contributed by atoms with Gasteiger partial charge >= 0.3 is 7.12 Å². The van der Waals surface area contributed by atoms with Gasteiger partial charge in [0, 0.05) is 5.56 Å². The summed E-state index contributed by atoms with van der Waals surface area (Å²) in [7, 11) is -1.76. The van der Waals surface area contributed by atoms with Gasteiger partial charge in [0.05, 0.1) is 11.8 Å². The van der Waals surface area contributed by atoms with E-state index in [2.05, 4.69) is 4.98 Å². The molecule has 1 atom stereocenters. The lowest BCUT2D eigenvalue weighted by atomic mass is 9.77. The molecule has 6 nitrogen and oxygen atoms in total. The summed E-state index contributed by atoms with van der Waals surface area (Å²) in [6.45, 7) is 1.73. The van der Waals surface area contributed by atoms with Crippen LogP contribution in [0.3, 0.4) is 0 Å². The molecule has 7 heteroatoms. The van der Waals surface area contributed by atoms with Gasteiger partial charge in [-0.05, 0) is 18.5 Å². The van der Waals surface area contributed by atoms with Crippen LogP contribution < -0.4 is 10.2 Å². The van der Waals surface area contributed by atoms with Crippen molar-refractivity contribution in [2.75, 3.05) is 0 Å². The zero-order chi connectivity index (χ0) is 17.8. The quantitative estimate of drug-likeness (QED) is 0.528. The molecule has 0 saturated carbocycles. The Bertz CT molecular complexity index is 863. The minimum Gasteiger partial charge on any atom is -0.480 e. The number of carbonyl (C=O) groups excluding carboxylic acids is 1. The van der Waals surface area contributed by atoms with Crippen molar-refractivity contribution < 1.29 is 24.0 Å². The summed E-state index contributed by atoms with van der Waals surface area (Å²) in [5.41, 5.74) is 1.06. The maximum Gasteiger partial charge on any atom is 0.489 e. The molecular formula is C18H16BNO5. The minimum atomic E-state index is -1.76. The SMILES string of the molecule is CC(Oc1cccc(B(O)O)c1C=O)c1ncc(-c2ccccc2)o1. The number of aldehydes is 1. The highest BCUT2D eigenvalue weighted by Gasteiger charge is 2.22. The molecule has 1 aromatic heterocycles. The second kappa shape index (κ2) is 7.33. The van der Waals surface area contributed by atoms with E-state index >= 15 is 0 Å². The van der Waals surface area contributed by atoms with Crippen LogP contribution in [-0.4, -0.2) is 28.4 Å². The Hall–Kier alpha value is -2.90. The molecule has 3 rings (SSSR count). The van der Waals surface area contributed by atoms with Crippen LogP contribution in [-0.2, 0) is 0 Å². The molecule has 2 N–H and O–H groups in total. The molecular weight excluding hydrogens is 321 g/mol. The first-order chi connectivity index (χ1) is 12.1. The summed E-state index contributed by atoms with van der Waals surface area (Å²) in [5, 5.41) is 18.7. The van der Waals surface area contributed by atoms with Gasteiger partial charge in [-0.3, -0.25) is 4.79 Å². The van der Waals surface area contributed by atoms with Crippen molar-refractivity contribution in [3.63, 3.8) is 0 Å². The van der Waals surface area contributed by atoms with E-state index in [0.29, 0.717) is 17.9 Å². The van der Waals surface area contributed by atoms with Crippen molar-refractivity contribution in [1.82, 2.24) is 4.98 Å². The number of aromatic nitrogens is 1. The van der Waals surface area contributed by atoms with Crippen molar-refractivity contribution >= 4 is 18.9 Å². The number of ether oxygens (including phenoxy) is 1. The van der Waals surface area contributed by atoms with Gasteiger partial charge in [-0.1, -0.05) is 42.5 Å². The first-order valence-electron chi connectivity index (χ1n) is 7.72. The van der Waals surface area contributed by atoms with Gasteiger partial charge < -0.3 is 19.2 Å². The summed E-state index contributed by atoms with van der Waals surface area (Å²) in [5.74, 6) is 1.19. The van der Waals surface area contributed by atoms with Gasteiger partial charge in [-0.15, -0.1) is 0 Å². The molecule has 0 spiro atoms. The largest absolute Gasteiger partial charge is 0.489 e. The molecule has 0 aliphatic heterocycles. The van der Waals surface area contributed by atoms with Crippen LogP contribution >= 0.6 is 0 Å². The number of benzene rings is 2. The third-order valence-corrected chi connectivity index (χ3v) is 3.73. The van der Waals surface area contributed by atoms with Crippen LogP contribution in [0, 0.1) is 0 Å². The summed E-state index contributed by atoms with van der Waals surface area (Å²) in [6.07, 6.45) is 1.57. The van der Waals surface area contributed by atoms with E-state index in [9.17, 15) is 14.8 Å². The number of carbonyl (C=O) groups is 1. The van der Waals surface area contributed by atoms with Crippen molar-refractivity contribution in [2.24, 2.45) is 0 Å². The Morgan fingerprint density at radius 2 is 1.92 bits per heavy atom. The van der Waals surface area contributed by atoms with Crippen molar-refractivity contribution in [2.45, 2.75) is 13.0 Å². The lowest BCUT2D eigenvalue weighted by Gasteiger charge is -2.15. The molecule has 3 aromatic rings. The van der Waals surface area contributed by atoms with Gasteiger partial charge in [-0.2, -0.15) is 0 Å². The van der Waals surface area contributed by atoms with E-state index in [0.717, 1.165) is 5.56 Å². The minimum absolute atomic E-state index is 0.0806. The second-order valence-corrected chi connectivity index (χ2v) is 5.44. The average molecular weight is 337 g/mol. The van der Waals surface area contributed by atoms with Gasteiger partial charge in [-0.25, -0.2) is 4.98 Å². The normalized spacial score (nSPS) is 11.8. The molecule has 0 aliphatic rings. The monoisotopic (exact) mass is 337 g/mol. The van der Waals surface area contributed by atoms with E-state index < -0.39 is 13.2 Å². The van der Waals surface area contributed by atoms with E-state index in [1.807, 2.05) is 30.3 Å². The molecule has 2 aromatic carbocycles. The van der Waals surface area contributed by atoms with Gasteiger partial charge in [0.25, 0.3) is 0 Å². The highest BCUT2D eigenvalue weighted by atomic mass is 16.5. The highest BCUT2D eigenvalue weighted by molar-refractivity contribution is 6.60. The number of rotatable bonds is 6. The Morgan fingerprint density at radius 3 is 2.60 bits per heavy atom. The summed E-state index contributed by atoms with van der Waals surface area (Å²) < 4.78 is 11.5. The number of hydrogen-bond donors (Lipinski definition) is 2. The lowest BCUT2D eigenvalue weighted by molar-refractivity contribution is 0.111. The van der Waals surface area contributed by atoms with E-state index in [4.69, 9.17) is 9.15 Å². The first kappa shape index (κ1) is 16.9. The zero-order valence-electron chi connectivity index (χ0n) is 13.5. The van der Waals surface area contributed by atoms with Crippen molar-refractivity contribution in [3.05, 3.63) is 66.2 Å².